The highest BCUT2D eigenvalue weighted by atomic mass is 16.8. The first kappa shape index (κ1) is 22.4. The van der Waals surface area contributed by atoms with Crippen molar-refractivity contribution in [1.29, 1.82) is 0 Å². The standard InChI is InChI=1S/C16H22O11/c1-8(17)22-7-16(27-12(5)21)15(26-11(4)20)14(25-10(3)19)13(6-23-16)24-9(2)18/h13-15H,6-7H2,1-5H3/t13?,14?,15-,16+/m0/s1. The first-order valence-corrected chi connectivity index (χ1v) is 7.95. The lowest BCUT2D eigenvalue weighted by Gasteiger charge is -2.46. The van der Waals surface area contributed by atoms with E-state index in [0.717, 1.165) is 34.6 Å². The minimum Gasteiger partial charge on any atom is -0.459 e. The molecule has 0 saturated carbocycles. The Balaban J connectivity index is 3.37. The molecule has 0 aromatic carbocycles. The summed E-state index contributed by atoms with van der Waals surface area (Å²) in [4.78, 5) is 57.3. The topological polar surface area (TPSA) is 141 Å². The molecule has 27 heavy (non-hydrogen) atoms. The zero-order chi connectivity index (χ0) is 20.8. The summed E-state index contributed by atoms with van der Waals surface area (Å²) < 4.78 is 30.9. The van der Waals surface area contributed by atoms with Gasteiger partial charge in [0.1, 0.15) is 0 Å². The van der Waals surface area contributed by atoms with Gasteiger partial charge >= 0.3 is 29.8 Å². The van der Waals surface area contributed by atoms with Gasteiger partial charge in [-0.3, -0.25) is 24.0 Å². The van der Waals surface area contributed by atoms with E-state index in [-0.39, 0.29) is 6.61 Å². The van der Waals surface area contributed by atoms with Gasteiger partial charge in [-0.2, -0.15) is 0 Å². The van der Waals surface area contributed by atoms with Crippen LogP contribution in [0.2, 0.25) is 0 Å². The highest BCUT2D eigenvalue weighted by Gasteiger charge is 2.59. The molecule has 0 aliphatic carbocycles. The summed E-state index contributed by atoms with van der Waals surface area (Å²) in [5.74, 6) is -5.98. The van der Waals surface area contributed by atoms with Crippen LogP contribution in [0.25, 0.3) is 0 Å². The summed E-state index contributed by atoms with van der Waals surface area (Å²) >= 11 is 0. The summed E-state index contributed by atoms with van der Waals surface area (Å²) in [6, 6.07) is 0. The molecule has 1 saturated heterocycles. The molecule has 0 aromatic heterocycles. The Bertz CT molecular complexity index is 613. The Labute approximate surface area is 155 Å². The predicted molar refractivity (Wildman–Crippen MR) is 83.7 cm³/mol. The minimum absolute atomic E-state index is 0.385. The molecule has 1 aliphatic rings. The number of hydrogen-bond acceptors (Lipinski definition) is 11. The van der Waals surface area contributed by atoms with E-state index in [9.17, 15) is 24.0 Å². The normalized spacial score (nSPS) is 27.1. The molecule has 1 aliphatic heterocycles. The number of carbonyl (C=O) groups excluding carboxylic acids is 5. The molecule has 0 N–H and O–H groups in total. The van der Waals surface area contributed by atoms with Crippen molar-refractivity contribution in [3.8, 4) is 0 Å². The van der Waals surface area contributed by atoms with Crippen molar-refractivity contribution >= 4 is 29.8 Å². The zero-order valence-electron chi connectivity index (χ0n) is 15.6. The maximum absolute atomic E-state index is 11.6. The molecule has 2 unspecified atom stereocenters. The molecule has 11 nitrogen and oxygen atoms in total. The van der Waals surface area contributed by atoms with Gasteiger partial charge in [0.25, 0.3) is 5.79 Å². The molecule has 0 spiro atoms. The lowest BCUT2D eigenvalue weighted by Crippen LogP contribution is -2.67. The van der Waals surface area contributed by atoms with Gasteiger partial charge < -0.3 is 28.4 Å². The van der Waals surface area contributed by atoms with Crippen LogP contribution in [0.15, 0.2) is 0 Å². The molecular formula is C16H22O11. The van der Waals surface area contributed by atoms with Crippen LogP contribution in [-0.2, 0) is 52.4 Å². The monoisotopic (exact) mass is 390 g/mol. The Morgan fingerprint density at radius 3 is 1.81 bits per heavy atom. The number of hydrogen-bond donors (Lipinski definition) is 0. The van der Waals surface area contributed by atoms with Crippen molar-refractivity contribution in [2.45, 2.75) is 58.7 Å². The fourth-order valence-corrected chi connectivity index (χ4v) is 2.51. The zero-order valence-corrected chi connectivity index (χ0v) is 15.6. The largest absolute Gasteiger partial charge is 0.459 e. The summed E-state index contributed by atoms with van der Waals surface area (Å²) in [6.45, 7) is 4.40. The molecule has 1 heterocycles. The molecular weight excluding hydrogens is 368 g/mol. The first-order chi connectivity index (χ1) is 12.5. The van der Waals surface area contributed by atoms with Crippen LogP contribution in [0.4, 0.5) is 0 Å². The van der Waals surface area contributed by atoms with E-state index in [1.54, 1.807) is 0 Å². The molecule has 0 radical (unpaired) electrons. The summed E-state index contributed by atoms with van der Waals surface area (Å²) in [5, 5.41) is 0. The van der Waals surface area contributed by atoms with Crippen LogP contribution in [-0.4, -0.2) is 67.2 Å². The molecule has 4 atom stereocenters. The second kappa shape index (κ2) is 9.31. The van der Waals surface area contributed by atoms with E-state index in [1.807, 2.05) is 0 Å². The van der Waals surface area contributed by atoms with Crippen LogP contribution in [0.5, 0.6) is 0 Å². The van der Waals surface area contributed by atoms with Gasteiger partial charge in [0.15, 0.2) is 18.8 Å². The van der Waals surface area contributed by atoms with Crippen molar-refractivity contribution in [3.63, 3.8) is 0 Å². The van der Waals surface area contributed by atoms with Crippen molar-refractivity contribution in [1.82, 2.24) is 0 Å². The Hall–Kier alpha value is -2.69. The van der Waals surface area contributed by atoms with Crippen LogP contribution in [0.1, 0.15) is 34.6 Å². The fourth-order valence-electron chi connectivity index (χ4n) is 2.51. The van der Waals surface area contributed by atoms with Gasteiger partial charge in [-0.25, -0.2) is 0 Å². The highest BCUT2D eigenvalue weighted by Crippen LogP contribution is 2.34. The maximum atomic E-state index is 11.6. The number of esters is 5. The second-order valence-corrected chi connectivity index (χ2v) is 5.75. The third-order valence-electron chi connectivity index (χ3n) is 3.30. The second-order valence-electron chi connectivity index (χ2n) is 5.75. The molecule has 1 fully saturated rings. The highest BCUT2D eigenvalue weighted by molar-refractivity contribution is 5.69. The van der Waals surface area contributed by atoms with Crippen molar-refractivity contribution in [2.24, 2.45) is 0 Å². The lowest BCUT2D eigenvalue weighted by atomic mass is 9.96. The maximum Gasteiger partial charge on any atom is 0.305 e. The quantitative estimate of drug-likeness (QED) is 0.433. The third-order valence-corrected chi connectivity index (χ3v) is 3.30. The van der Waals surface area contributed by atoms with Crippen LogP contribution >= 0.6 is 0 Å². The van der Waals surface area contributed by atoms with Gasteiger partial charge in [0, 0.05) is 34.6 Å². The van der Waals surface area contributed by atoms with E-state index in [1.165, 1.54) is 0 Å². The van der Waals surface area contributed by atoms with E-state index >= 15 is 0 Å². The van der Waals surface area contributed by atoms with Crippen molar-refractivity contribution in [2.75, 3.05) is 13.2 Å². The minimum atomic E-state index is -2.10. The van der Waals surface area contributed by atoms with E-state index in [2.05, 4.69) is 0 Å². The number of ether oxygens (including phenoxy) is 6. The summed E-state index contributed by atoms with van der Waals surface area (Å²) in [7, 11) is 0. The number of carbonyl (C=O) groups is 5. The van der Waals surface area contributed by atoms with Gasteiger partial charge in [-0.1, -0.05) is 0 Å². The molecule has 11 heteroatoms. The van der Waals surface area contributed by atoms with Gasteiger partial charge in [0.05, 0.1) is 6.61 Å². The molecule has 0 amide bonds. The smallest absolute Gasteiger partial charge is 0.305 e. The van der Waals surface area contributed by atoms with Gasteiger partial charge in [-0.15, -0.1) is 0 Å². The van der Waals surface area contributed by atoms with Crippen LogP contribution < -0.4 is 0 Å². The Kier molecular flexibility index (Phi) is 7.70. The molecule has 0 bridgehead atoms. The van der Waals surface area contributed by atoms with Crippen LogP contribution in [0, 0.1) is 0 Å². The summed E-state index contributed by atoms with van der Waals surface area (Å²) in [5.41, 5.74) is 0. The average Bonchev–Trinajstić information content (AvgIpc) is 2.49. The Morgan fingerprint density at radius 1 is 0.815 bits per heavy atom. The van der Waals surface area contributed by atoms with Crippen LogP contribution in [0.3, 0.4) is 0 Å². The third kappa shape index (κ3) is 6.51. The predicted octanol–water partition coefficient (Wildman–Crippen LogP) is -0.366. The lowest BCUT2D eigenvalue weighted by molar-refractivity contribution is -0.338. The molecule has 0 aromatic rings. The molecule has 1 rings (SSSR count). The van der Waals surface area contributed by atoms with Gasteiger partial charge in [-0.05, 0) is 0 Å². The van der Waals surface area contributed by atoms with Crippen molar-refractivity contribution < 1.29 is 52.4 Å². The SMILES string of the molecule is CC(=O)OC[C@]1(OC(C)=O)OCC(OC(C)=O)C(OC(C)=O)[C@@H]1OC(C)=O. The molecule has 152 valence electrons. The van der Waals surface area contributed by atoms with Gasteiger partial charge in [0.2, 0.25) is 6.10 Å². The average molecular weight is 390 g/mol. The summed E-state index contributed by atoms with van der Waals surface area (Å²) in [6.07, 6.45) is -4.10. The number of rotatable bonds is 6. The fraction of sp³-hybridized carbons (Fsp3) is 0.688. The Morgan fingerprint density at radius 2 is 1.37 bits per heavy atom. The van der Waals surface area contributed by atoms with E-state index in [4.69, 9.17) is 28.4 Å². The van der Waals surface area contributed by atoms with E-state index < -0.39 is 60.6 Å². The van der Waals surface area contributed by atoms with E-state index in [0.29, 0.717) is 0 Å². The first-order valence-electron chi connectivity index (χ1n) is 7.95. The van der Waals surface area contributed by atoms with Crippen molar-refractivity contribution in [3.05, 3.63) is 0 Å².